The third-order valence-electron chi connectivity index (χ3n) is 5.17. The highest BCUT2D eigenvalue weighted by Gasteiger charge is 2.46. The van der Waals surface area contributed by atoms with Gasteiger partial charge in [-0.25, -0.2) is 4.79 Å². The zero-order valence-corrected chi connectivity index (χ0v) is 16.2. The van der Waals surface area contributed by atoms with Crippen molar-refractivity contribution >= 4 is 46.7 Å². The molecule has 6 heteroatoms. The predicted molar refractivity (Wildman–Crippen MR) is 111 cm³/mol. The van der Waals surface area contributed by atoms with Crippen LogP contribution >= 0.6 is 11.6 Å². The molecule has 29 heavy (non-hydrogen) atoms. The zero-order valence-electron chi connectivity index (χ0n) is 15.4. The summed E-state index contributed by atoms with van der Waals surface area (Å²) in [6.45, 7) is 1.70. The van der Waals surface area contributed by atoms with Gasteiger partial charge in [0.15, 0.2) is 0 Å². The number of amides is 1. The minimum Gasteiger partial charge on any atom is -0.422 e. The van der Waals surface area contributed by atoms with Gasteiger partial charge in [-0.15, -0.1) is 11.6 Å². The van der Waals surface area contributed by atoms with Crippen molar-refractivity contribution in [2.45, 2.75) is 11.8 Å². The van der Waals surface area contributed by atoms with E-state index in [1.807, 2.05) is 42.5 Å². The highest BCUT2D eigenvalue weighted by molar-refractivity contribution is 6.40. The molecule has 1 unspecified atom stereocenters. The Hall–Kier alpha value is -3.44. The van der Waals surface area contributed by atoms with Crippen LogP contribution in [0.3, 0.4) is 0 Å². The van der Waals surface area contributed by atoms with Gasteiger partial charge in [-0.1, -0.05) is 36.4 Å². The predicted octanol–water partition coefficient (Wildman–Crippen LogP) is 4.88. The molecule has 1 aromatic heterocycles. The molecule has 2 aliphatic rings. The summed E-state index contributed by atoms with van der Waals surface area (Å²) in [5.41, 5.74) is 4.06. The minimum absolute atomic E-state index is 0.232. The number of hydrogen-bond acceptors (Lipinski definition) is 4. The van der Waals surface area contributed by atoms with Gasteiger partial charge in [-0.2, -0.15) is 0 Å². The first-order chi connectivity index (χ1) is 14.0. The Labute approximate surface area is 172 Å². The number of ether oxygens (including phenoxy) is 1. The number of aromatic nitrogens is 1. The monoisotopic (exact) mass is 402 g/mol. The number of esters is 1. The summed E-state index contributed by atoms with van der Waals surface area (Å²) < 4.78 is 5.40. The second-order valence-electron chi connectivity index (χ2n) is 7.08. The Morgan fingerprint density at radius 3 is 2.59 bits per heavy atom. The SMILES string of the molecule is CC1(Cl)C(=O)N(c2cncc(C=C3OC(=O)c4ccccc43)c2)c2ccccc21. The fraction of sp³-hybridized carbons (Fsp3) is 0.0870. The van der Waals surface area contributed by atoms with Gasteiger partial charge in [-0.3, -0.25) is 14.7 Å². The number of benzene rings is 2. The molecular weight excluding hydrogens is 388 g/mol. The number of halogens is 1. The third kappa shape index (κ3) is 2.66. The van der Waals surface area contributed by atoms with Crippen molar-refractivity contribution in [3.63, 3.8) is 0 Å². The van der Waals surface area contributed by atoms with Crippen LogP contribution in [0.4, 0.5) is 11.4 Å². The second kappa shape index (κ2) is 6.29. The van der Waals surface area contributed by atoms with E-state index in [1.54, 1.807) is 42.4 Å². The van der Waals surface area contributed by atoms with Crippen molar-refractivity contribution in [1.29, 1.82) is 0 Å². The smallest absolute Gasteiger partial charge is 0.344 e. The lowest BCUT2D eigenvalue weighted by Crippen LogP contribution is -2.31. The lowest BCUT2D eigenvalue weighted by Gasteiger charge is -2.19. The molecule has 2 aliphatic heterocycles. The number of carbonyl (C=O) groups is 2. The van der Waals surface area contributed by atoms with E-state index in [2.05, 4.69) is 4.98 Å². The summed E-state index contributed by atoms with van der Waals surface area (Å²) in [6, 6.07) is 16.5. The number of fused-ring (bicyclic) bond motifs is 2. The van der Waals surface area contributed by atoms with Crippen LogP contribution in [0.25, 0.3) is 11.8 Å². The summed E-state index contributed by atoms with van der Waals surface area (Å²) in [6.07, 6.45) is 5.01. The van der Waals surface area contributed by atoms with Crippen molar-refractivity contribution in [2.75, 3.05) is 4.90 Å². The van der Waals surface area contributed by atoms with Crippen LogP contribution in [0.5, 0.6) is 0 Å². The number of alkyl halides is 1. The van der Waals surface area contributed by atoms with E-state index >= 15 is 0 Å². The van der Waals surface area contributed by atoms with Crippen molar-refractivity contribution in [2.24, 2.45) is 0 Å². The van der Waals surface area contributed by atoms with Crippen LogP contribution < -0.4 is 4.90 Å². The average molecular weight is 403 g/mol. The number of rotatable bonds is 2. The maximum atomic E-state index is 13.0. The van der Waals surface area contributed by atoms with Crippen molar-refractivity contribution in [3.8, 4) is 0 Å². The number of carbonyl (C=O) groups excluding carboxylic acids is 2. The minimum atomic E-state index is -1.13. The van der Waals surface area contributed by atoms with E-state index in [-0.39, 0.29) is 11.9 Å². The number of para-hydroxylation sites is 1. The maximum Gasteiger partial charge on any atom is 0.344 e. The molecule has 1 atom stereocenters. The normalized spacial score (nSPS) is 21.3. The first-order valence-corrected chi connectivity index (χ1v) is 9.46. The number of hydrogen-bond donors (Lipinski definition) is 0. The lowest BCUT2D eigenvalue weighted by molar-refractivity contribution is -0.119. The summed E-state index contributed by atoms with van der Waals surface area (Å²) in [5, 5.41) is 0. The molecule has 0 saturated heterocycles. The molecule has 0 bridgehead atoms. The molecular formula is C23H15ClN2O3. The largest absolute Gasteiger partial charge is 0.422 e. The van der Waals surface area contributed by atoms with Gasteiger partial charge in [0.25, 0.3) is 5.91 Å². The number of cyclic esters (lactones) is 1. The Bertz CT molecular complexity index is 1220. The summed E-state index contributed by atoms with van der Waals surface area (Å²) in [4.78, 5) is 29.8. The van der Waals surface area contributed by atoms with Crippen LogP contribution in [-0.2, 0) is 14.4 Å². The standard InChI is InChI=1S/C23H15ClN2O3/c1-23(24)18-8-4-5-9-19(18)26(22(23)28)15-10-14(12-25-13-15)11-20-16-6-2-3-7-17(16)21(27)29-20/h2-13H,1H3. The first-order valence-electron chi connectivity index (χ1n) is 9.08. The van der Waals surface area contributed by atoms with Crippen LogP contribution in [0.1, 0.15) is 34.0 Å². The Morgan fingerprint density at radius 1 is 1.03 bits per heavy atom. The maximum absolute atomic E-state index is 13.0. The fourth-order valence-electron chi connectivity index (χ4n) is 3.75. The molecule has 5 rings (SSSR count). The first kappa shape index (κ1) is 17.6. The molecule has 0 N–H and O–H groups in total. The van der Waals surface area contributed by atoms with Crippen molar-refractivity contribution in [1.82, 2.24) is 4.98 Å². The van der Waals surface area contributed by atoms with Crippen LogP contribution in [0, 0.1) is 0 Å². The van der Waals surface area contributed by atoms with E-state index in [4.69, 9.17) is 16.3 Å². The zero-order chi connectivity index (χ0) is 20.2. The summed E-state index contributed by atoms with van der Waals surface area (Å²) in [7, 11) is 0. The molecule has 0 aliphatic carbocycles. The molecule has 142 valence electrons. The van der Waals surface area contributed by atoms with Gasteiger partial charge in [0.05, 0.1) is 23.1 Å². The highest BCUT2D eigenvalue weighted by atomic mass is 35.5. The number of pyridine rings is 1. The lowest BCUT2D eigenvalue weighted by atomic mass is 10.0. The second-order valence-corrected chi connectivity index (χ2v) is 7.84. The number of anilines is 2. The van der Waals surface area contributed by atoms with E-state index in [1.165, 1.54) is 0 Å². The molecule has 1 amide bonds. The van der Waals surface area contributed by atoms with E-state index < -0.39 is 4.87 Å². The van der Waals surface area contributed by atoms with E-state index in [0.717, 1.165) is 16.8 Å². The van der Waals surface area contributed by atoms with Gasteiger partial charge >= 0.3 is 5.97 Å². The van der Waals surface area contributed by atoms with E-state index in [0.29, 0.717) is 22.6 Å². The molecule has 3 aromatic rings. The molecule has 0 fully saturated rings. The fourth-order valence-corrected chi connectivity index (χ4v) is 3.99. The van der Waals surface area contributed by atoms with Crippen molar-refractivity contribution < 1.29 is 14.3 Å². The molecule has 0 spiro atoms. The molecule has 0 saturated carbocycles. The van der Waals surface area contributed by atoms with Gasteiger partial charge in [-0.05, 0) is 36.8 Å². The quantitative estimate of drug-likeness (QED) is 0.452. The van der Waals surface area contributed by atoms with Gasteiger partial charge < -0.3 is 4.74 Å². The van der Waals surface area contributed by atoms with Crippen LogP contribution in [-0.4, -0.2) is 16.9 Å². The van der Waals surface area contributed by atoms with Gasteiger partial charge in [0, 0.05) is 17.3 Å². The van der Waals surface area contributed by atoms with Gasteiger partial charge in [0.1, 0.15) is 10.6 Å². The number of nitrogens with zero attached hydrogens (tertiary/aromatic N) is 2. The average Bonchev–Trinajstić information content (AvgIpc) is 3.14. The Balaban J connectivity index is 1.57. The van der Waals surface area contributed by atoms with Crippen molar-refractivity contribution in [3.05, 3.63) is 89.2 Å². The van der Waals surface area contributed by atoms with Crippen LogP contribution in [0.2, 0.25) is 0 Å². The summed E-state index contributed by atoms with van der Waals surface area (Å²) in [5.74, 6) is -0.151. The molecule has 0 radical (unpaired) electrons. The summed E-state index contributed by atoms with van der Waals surface area (Å²) >= 11 is 6.56. The molecule has 2 aromatic carbocycles. The van der Waals surface area contributed by atoms with E-state index in [9.17, 15) is 9.59 Å². The topological polar surface area (TPSA) is 59.5 Å². The highest BCUT2D eigenvalue weighted by Crippen LogP contribution is 2.47. The van der Waals surface area contributed by atoms with Gasteiger partial charge in [0.2, 0.25) is 0 Å². The Kier molecular flexibility index (Phi) is 3.83. The Morgan fingerprint density at radius 2 is 1.76 bits per heavy atom. The molecule has 5 nitrogen and oxygen atoms in total. The van der Waals surface area contributed by atoms with Crippen LogP contribution in [0.15, 0.2) is 67.0 Å². The third-order valence-corrected chi connectivity index (χ3v) is 5.54. The molecule has 3 heterocycles.